The van der Waals surface area contributed by atoms with Gasteiger partial charge in [-0.25, -0.2) is 0 Å². The van der Waals surface area contributed by atoms with E-state index in [4.69, 9.17) is 4.74 Å². The highest BCUT2D eigenvalue weighted by Gasteiger charge is 2.41. The summed E-state index contributed by atoms with van der Waals surface area (Å²) in [4.78, 5) is 17.6. The largest absolute Gasteiger partial charge is 0.355 e. The molecule has 0 rings (SSSR count). The molecule has 0 aliphatic carbocycles. The fourth-order valence-corrected chi connectivity index (χ4v) is 2.89. The van der Waals surface area contributed by atoms with Crippen LogP contribution in [-0.2, 0) is 9.53 Å². The second-order valence-electron chi connectivity index (χ2n) is 6.88. The first-order chi connectivity index (χ1) is 11.5. The lowest BCUT2D eigenvalue weighted by molar-refractivity contribution is -0.179. The monoisotopic (exact) mass is 342 g/mol. The molecule has 24 heavy (non-hydrogen) atoms. The van der Waals surface area contributed by atoms with E-state index in [0.717, 1.165) is 77.5 Å². The predicted molar refractivity (Wildman–Crippen MR) is 103 cm³/mol. The molecular formula is C20H42N2O2. The molecule has 4 heteroatoms. The van der Waals surface area contributed by atoms with Crippen LogP contribution in [0.5, 0.6) is 0 Å². The Balaban J connectivity index is 5.26. The number of rotatable bonds is 15. The van der Waals surface area contributed by atoms with Crippen LogP contribution in [0, 0.1) is 0 Å². The van der Waals surface area contributed by atoms with Gasteiger partial charge in [-0.15, -0.1) is 0 Å². The number of methoxy groups -OCH3 is 1. The zero-order valence-electron chi connectivity index (χ0n) is 17.2. The van der Waals surface area contributed by atoms with Gasteiger partial charge < -0.3 is 9.64 Å². The van der Waals surface area contributed by atoms with Gasteiger partial charge in [0.05, 0.1) is 0 Å². The second-order valence-corrected chi connectivity index (χ2v) is 6.88. The van der Waals surface area contributed by atoms with Crippen LogP contribution in [0.2, 0.25) is 0 Å². The first-order valence-electron chi connectivity index (χ1n) is 10.1. The van der Waals surface area contributed by atoms with Gasteiger partial charge in [-0.05, 0) is 32.6 Å². The fraction of sp³-hybridized carbons (Fsp3) is 0.950. The van der Waals surface area contributed by atoms with E-state index >= 15 is 0 Å². The predicted octanol–water partition coefficient (Wildman–Crippen LogP) is 4.68. The second kappa shape index (κ2) is 13.7. The Morgan fingerprint density at radius 2 is 1.17 bits per heavy atom. The van der Waals surface area contributed by atoms with E-state index in [9.17, 15) is 4.79 Å². The van der Waals surface area contributed by atoms with Crippen LogP contribution in [-0.4, -0.2) is 54.7 Å². The minimum absolute atomic E-state index is 0.138. The van der Waals surface area contributed by atoms with Gasteiger partial charge in [0.15, 0.2) is 5.72 Å². The molecule has 0 saturated carbocycles. The van der Waals surface area contributed by atoms with Crippen molar-refractivity contribution in [3.8, 4) is 0 Å². The van der Waals surface area contributed by atoms with Crippen LogP contribution < -0.4 is 0 Å². The summed E-state index contributed by atoms with van der Waals surface area (Å²) in [6.45, 7) is 14.2. The molecule has 0 N–H and O–H groups in total. The lowest BCUT2D eigenvalue weighted by Crippen LogP contribution is -2.60. The van der Waals surface area contributed by atoms with E-state index in [0.29, 0.717) is 0 Å². The highest BCUT2D eigenvalue weighted by atomic mass is 16.5. The summed E-state index contributed by atoms with van der Waals surface area (Å²) in [5.41, 5.74) is -0.841. The maximum Gasteiger partial charge on any atom is 0.269 e. The summed E-state index contributed by atoms with van der Waals surface area (Å²) in [6.07, 6.45) is 8.78. The Kier molecular flexibility index (Phi) is 13.3. The average molecular weight is 343 g/mol. The number of nitrogens with zero attached hydrogens (tertiary/aromatic N) is 2. The van der Waals surface area contributed by atoms with Crippen molar-refractivity contribution in [3.05, 3.63) is 0 Å². The molecule has 1 amide bonds. The SMILES string of the molecule is CCCCN(CCCC)C(=O)C(C)(OC)N(CCCC)CCCC. The molecule has 0 spiro atoms. The van der Waals surface area contributed by atoms with E-state index in [1.54, 1.807) is 7.11 Å². The van der Waals surface area contributed by atoms with E-state index < -0.39 is 5.72 Å². The van der Waals surface area contributed by atoms with Crippen molar-refractivity contribution in [2.45, 2.75) is 91.7 Å². The number of ether oxygens (including phenoxy) is 1. The average Bonchev–Trinajstić information content (AvgIpc) is 2.60. The molecule has 4 nitrogen and oxygen atoms in total. The Labute approximate surface area is 150 Å². The van der Waals surface area contributed by atoms with Gasteiger partial charge in [0.2, 0.25) is 0 Å². The maximum absolute atomic E-state index is 13.3. The highest BCUT2D eigenvalue weighted by Crippen LogP contribution is 2.22. The number of amides is 1. The quantitative estimate of drug-likeness (QED) is 0.405. The number of hydrogen-bond acceptors (Lipinski definition) is 3. The lowest BCUT2D eigenvalue weighted by atomic mass is 10.1. The van der Waals surface area contributed by atoms with Crippen LogP contribution in [0.3, 0.4) is 0 Å². The van der Waals surface area contributed by atoms with Gasteiger partial charge in [0.25, 0.3) is 5.91 Å². The lowest BCUT2D eigenvalue weighted by Gasteiger charge is -2.42. The maximum atomic E-state index is 13.3. The third kappa shape index (κ3) is 7.52. The summed E-state index contributed by atoms with van der Waals surface area (Å²) < 4.78 is 5.83. The zero-order chi connectivity index (χ0) is 18.4. The van der Waals surface area contributed by atoms with Crippen molar-refractivity contribution in [2.24, 2.45) is 0 Å². The highest BCUT2D eigenvalue weighted by molar-refractivity contribution is 5.84. The molecule has 0 saturated heterocycles. The first-order valence-corrected chi connectivity index (χ1v) is 10.1. The smallest absolute Gasteiger partial charge is 0.269 e. The summed E-state index contributed by atoms with van der Waals surface area (Å²) in [5.74, 6) is 0.138. The Morgan fingerprint density at radius 3 is 1.50 bits per heavy atom. The third-order valence-electron chi connectivity index (χ3n) is 4.81. The molecule has 0 aromatic rings. The number of carbonyl (C=O) groups is 1. The zero-order valence-corrected chi connectivity index (χ0v) is 17.2. The summed E-state index contributed by atoms with van der Waals surface area (Å²) in [6, 6.07) is 0. The minimum Gasteiger partial charge on any atom is -0.355 e. The van der Waals surface area contributed by atoms with Crippen LogP contribution >= 0.6 is 0 Å². The van der Waals surface area contributed by atoms with Crippen LogP contribution in [0.1, 0.15) is 86.0 Å². The molecule has 0 fully saturated rings. The van der Waals surface area contributed by atoms with Gasteiger partial charge in [-0.2, -0.15) is 0 Å². The molecular weight excluding hydrogens is 300 g/mol. The van der Waals surface area contributed by atoms with Gasteiger partial charge in [-0.3, -0.25) is 9.69 Å². The number of carbonyl (C=O) groups excluding carboxylic acids is 1. The molecule has 0 aliphatic rings. The first kappa shape index (κ1) is 23.4. The van der Waals surface area contributed by atoms with E-state index in [-0.39, 0.29) is 5.91 Å². The molecule has 0 aliphatic heterocycles. The van der Waals surface area contributed by atoms with Gasteiger partial charge >= 0.3 is 0 Å². The Morgan fingerprint density at radius 1 is 0.792 bits per heavy atom. The fourth-order valence-electron chi connectivity index (χ4n) is 2.89. The van der Waals surface area contributed by atoms with Gasteiger partial charge in [0.1, 0.15) is 0 Å². The van der Waals surface area contributed by atoms with Crippen molar-refractivity contribution in [3.63, 3.8) is 0 Å². The normalized spacial score (nSPS) is 14.0. The van der Waals surface area contributed by atoms with Crippen molar-refractivity contribution >= 4 is 5.91 Å². The molecule has 1 unspecified atom stereocenters. The van der Waals surface area contributed by atoms with Gasteiger partial charge in [0, 0.05) is 33.3 Å². The van der Waals surface area contributed by atoms with Crippen molar-refractivity contribution in [1.29, 1.82) is 0 Å². The minimum atomic E-state index is -0.841. The van der Waals surface area contributed by atoms with E-state index in [1.165, 1.54) is 0 Å². The van der Waals surface area contributed by atoms with Crippen LogP contribution in [0.4, 0.5) is 0 Å². The molecule has 0 aromatic heterocycles. The number of hydrogen-bond donors (Lipinski definition) is 0. The van der Waals surface area contributed by atoms with Gasteiger partial charge in [-0.1, -0.05) is 53.4 Å². The summed E-state index contributed by atoms with van der Waals surface area (Å²) in [7, 11) is 1.68. The molecule has 0 aromatic carbocycles. The molecule has 144 valence electrons. The molecule has 1 atom stereocenters. The van der Waals surface area contributed by atoms with E-state index in [2.05, 4.69) is 32.6 Å². The molecule has 0 heterocycles. The Bertz CT molecular complexity index is 307. The summed E-state index contributed by atoms with van der Waals surface area (Å²) in [5, 5.41) is 0. The topological polar surface area (TPSA) is 32.8 Å². The number of unbranched alkanes of at least 4 members (excludes halogenated alkanes) is 4. The van der Waals surface area contributed by atoms with E-state index in [1.807, 2.05) is 11.8 Å². The standard InChI is InChI=1S/C20H42N2O2/c1-7-11-15-21(16-12-8-2)19(23)20(5,24-6)22(17-13-9-3)18-14-10-4/h7-18H2,1-6H3. The van der Waals surface area contributed by atoms with Crippen molar-refractivity contribution in [2.75, 3.05) is 33.3 Å². The van der Waals surface area contributed by atoms with Crippen molar-refractivity contribution in [1.82, 2.24) is 9.80 Å². The van der Waals surface area contributed by atoms with Crippen LogP contribution in [0.25, 0.3) is 0 Å². The van der Waals surface area contributed by atoms with Crippen LogP contribution in [0.15, 0.2) is 0 Å². The Hall–Kier alpha value is -0.610. The summed E-state index contributed by atoms with van der Waals surface area (Å²) >= 11 is 0. The molecule has 0 radical (unpaired) electrons. The third-order valence-corrected chi connectivity index (χ3v) is 4.81. The molecule has 0 bridgehead atoms. The van der Waals surface area contributed by atoms with Crippen molar-refractivity contribution < 1.29 is 9.53 Å².